The third-order valence-electron chi connectivity index (χ3n) is 3.94. The number of benzene rings is 1. The number of hydrogen-bond acceptors (Lipinski definition) is 4. The Morgan fingerprint density at radius 1 is 1.10 bits per heavy atom. The molecule has 0 saturated carbocycles. The molecule has 1 atom stereocenters. The van der Waals surface area contributed by atoms with E-state index in [9.17, 15) is 13.9 Å². The lowest BCUT2D eigenvalue weighted by atomic mass is 10.1. The van der Waals surface area contributed by atoms with Gasteiger partial charge in [-0.15, -0.1) is 0 Å². The molecular weight excluding hydrogens is 278 g/mol. The molecule has 1 aliphatic rings. The first-order valence-corrected chi connectivity index (χ1v) is 7.26. The predicted octanol–water partition coefficient (Wildman–Crippen LogP) is 0.826. The molecule has 1 aromatic rings. The van der Waals surface area contributed by atoms with Crippen LogP contribution >= 0.6 is 0 Å². The van der Waals surface area contributed by atoms with Crippen molar-refractivity contribution < 1.29 is 19.0 Å². The minimum atomic E-state index is -0.835. The molecule has 21 heavy (non-hydrogen) atoms. The largest absolute Gasteiger partial charge is 0.396 e. The molecule has 0 aromatic heterocycles. The maximum Gasteiger partial charge on any atom is 0.159 e. The lowest BCUT2D eigenvalue weighted by Crippen LogP contribution is -2.53. The van der Waals surface area contributed by atoms with Crippen molar-refractivity contribution in [3.05, 3.63) is 35.4 Å². The summed E-state index contributed by atoms with van der Waals surface area (Å²) in [7, 11) is 0. The zero-order valence-electron chi connectivity index (χ0n) is 12.0. The third kappa shape index (κ3) is 4.44. The minimum Gasteiger partial charge on any atom is -0.396 e. The second kappa shape index (κ2) is 7.79. The predicted molar refractivity (Wildman–Crippen MR) is 75.8 cm³/mol. The molecule has 6 heteroatoms. The Balaban J connectivity index is 2.01. The van der Waals surface area contributed by atoms with Crippen LogP contribution in [-0.4, -0.2) is 65.4 Å². The van der Waals surface area contributed by atoms with Crippen LogP contribution < -0.4 is 0 Å². The molecule has 0 aliphatic carbocycles. The molecule has 1 aliphatic heterocycles. The first-order chi connectivity index (χ1) is 10.1. The molecule has 4 nitrogen and oxygen atoms in total. The Morgan fingerprint density at radius 2 is 1.90 bits per heavy atom. The van der Waals surface area contributed by atoms with Crippen LogP contribution in [0.1, 0.15) is 12.0 Å². The SMILES string of the molecule is OCC[C@@H]1CN(CCO)CCN1Cc1ccc(F)c(F)c1. The first-order valence-electron chi connectivity index (χ1n) is 7.26. The lowest BCUT2D eigenvalue weighted by molar-refractivity contribution is 0.0454. The summed E-state index contributed by atoms with van der Waals surface area (Å²) in [5.74, 6) is -1.66. The van der Waals surface area contributed by atoms with Crippen LogP contribution in [0.4, 0.5) is 8.78 Å². The van der Waals surface area contributed by atoms with Crippen molar-refractivity contribution in [3.8, 4) is 0 Å². The molecule has 1 saturated heterocycles. The average Bonchev–Trinajstić information content (AvgIpc) is 2.46. The Bertz CT molecular complexity index is 459. The van der Waals surface area contributed by atoms with Crippen molar-refractivity contribution >= 4 is 0 Å². The van der Waals surface area contributed by atoms with E-state index >= 15 is 0 Å². The van der Waals surface area contributed by atoms with E-state index in [-0.39, 0.29) is 19.3 Å². The zero-order chi connectivity index (χ0) is 15.2. The van der Waals surface area contributed by atoms with Crippen LogP contribution in [0.5, 0.6) is 0 Å². The van der Waals surface area contributed by atoms with Crippen LogP contribution in [-0.2, 0) is 6.54 Å². The number of aliphatic hydroxyl groups excluding tert-OH is 2. The number of β-amino-alcohol motifs (C(OH)–C–C–N with tert-alkyl or cyclic N) is 1. The summed E-state index contributed by atoms with van der Waals surface area (Å²) >= 11 is 0. The molecule has 0 spiro atoms. The number of halogens is 2. The third-order valence-corrected chi connectivity index (χ3v) is 3.94. The van der Waals surface area contributed by atoms with Gasteiger partial charge >= 0.3 is 0 Å². The summed E-state index contributed by atoms with van der Waals surface area (Å²) < 4.78 is 26.2. The quantitative estimate of drug-likeness (QED) is 0.817. The maximum absolute atomic E-state index is 13.3. The van der Waals surface area contributed by atoms with Gasteiger partial charge in [0.15, 0.2) is 11.6 Å². The fourth-order valence-electron chi connectivity index (χ4n) is 2.81. The second-order valence-corrected chi connectivity index (χ2v) is 5.41. The fourth-order valence-corrected chi connectivity index (χ4v) is 2.81. The van der Waals surface area contributed by atoms with Gasteiger partial charge in [-0.05, 0) is 24.1 Å². The summed E-state index contributed by atoms with van der Waals surface area (Å²) in [6.45, 7) is 3.75. The van der Waals surface area contributed by atoms with Gasteiger partial charge in [-0.1, -0.05) is 6.07 Å². The van der Waals surface area contributed by atoms with Crippen LogP contribution in [0.2, 0.25) is 0 Å². The van der Waals surface area contributed by atoms with Crippen molar-refractivity contribution in [2.24, 2.45) is 0 Å². The minimum absolute atomic E-state index is 0.0892. The van der Waals surface area contributed by atoms with Gasteiger partial charge in [0.25, 0.3) is 0 Å². The Morgan fingerprint density at radius 3 is 2.57 bits per heavy atom. The van der Waals surface area contributed by atoms with E-state index in [1.807, 2.05) is 0 Å². The number of hydrogen-bond donors (Lipinski definition) is 2. The van der Waals surface area contributed by atoms with Gasteiger partial charge in [0.1, 0.15) is 0 Å². The van der Waals surface area contributed by atoms with Gasteiger partial charge in [-0.2, -0.15) is 0 Å². The zero-order valence-corrected chi connectivity index (χ0v) is 12.0. The number of piperazine rings is 1. The molecule has 0 bridgehead atoms. The van der Waals surface area contributed by atoms with E-state index in [0.29, 0.717) is 19.5 Å². The molecule has 0 amide bonds. The van der Waals surface area contributed by atoms with Gasteiger partial charge in [0.05, 0.1) is 6.61 Å². The highest BCUT2D eigenvalue weighted by Crippen LogP contribution is 2.17. The monoisotopic (exact) mass is 300 g/mol. The van der Waals surface area contributed by atoms with Crippen LogP contribution in [0.3, 0.4) is 0 Å². The Hall–Kier alpha value is -1.08. The van der Waals surface area contributed by atoms with Crippen LogP contribution in [0.25, 0.3) is 0 Å². The van der Waals surface area contributed by atoms with Gasteiger partial charge in [-0.3, -0.25) is 9.80 Å². The Kier molecular flexibility index (Phi) is 6.05. The molecule has 2 N–H and O–H groups in total. The second-order valence-electron chi connectivity index (χ2n) is 5.41. The normalized spacial score (nSPS) is 20.9. The van der Waals surface area contributed by atoms with Crippen molar-refractivity contribution in [2.75, 3.05) is 39.4 Å². The number of nitrogens with zero attached hydrogens (tertiary/aromatic N) is 2. The van der Waals surface area contributed by atoms with Gasteiger partial charge in [0, 0.05) is 45.4 Å². The number of aliphatic hydroxyl groups is 2. The summed E-state index contributed by atoms with van der Waals surface area (Å²) in [4.78, 5) is 4.33. The van der Waals surface area contributed by atoms with E-state index in [1.54, 1.807) is 6.07 Å². The highest BCUT2D eigenvalue weighted by Gasteiger charge is 2.26. The van der Waals surface area contributed by atoms with Gasteiger partial charge in [0.2, 0.25) is 0 Å². The van der Waals surface area contributed by atoms with Crippen molar-refractivity contribution in [2.45, 2.75) is 19.0 Å². The van der Waals surface area contributed by atoms with E-state index in [1.165, 1.54) is 6.07 Å². The molecule has 2 rings (SSSR count). The molecule has 1 aromatic carbocycles. The lowest BCUT2D eigenvalue weighted by Gasteiger charge is -2.41. The number of rotatable bonds is 6. The smallest absolute Gasteiger partial charge is 0.159 e. The molecule has 0 unspecified atom stereocenters. The molecule has 0 radical (unpaired) electrons. The highest BCUT2D eigenvalue weighted by atomic mass is 19.2. The van der Waals surface area contributed by atoms with Crippen LogP contribution in [0.15, 0.2) is 18.2 Å². The Labute approximate surface area is 123 Å². The van der Waals surface area contributed by atoms with Crippen molar-refractivity contribution in [3.63, 3.8) is 0 Å². The van der Waals surface area contributed by atoms with E-state index in [2.05, 4.69) is 9.80 Å². The summed E-state index contributed by atoms with van der Waals surface area (Å²) in [6, 6.07) is 4.12. The van der Waals surface area contributed by atoms with Crippen molar-refractivity contribution in [1.29, 1.82) is 0 Å². The summed E-state index contributed by atoms with van der Waals surface area (Å²) in [5.41, 5.74) is 0.729. The van der Waals surface area contributed by atoms with Crippen molar-refractivity contribution in [1.82, 2.24) is 9.80 Å². The van der Waals surface area contributed by atoms with Crippen LogP contribution in [0, 0.1) is 11.6 Å². The van der Waals surface area contributed by atoms with Gasteiger partial charge in [-0.25, -0.2) is 8.78 Å². The summed E-state index contributed by atoms with van der Waals surface area (Å²) in [5, 5.41) is 18.2. The van der Waals surface area contributed by atoms with E-state index < -0.39 is 11.6 Å². The summed E-state index contributed by atoms with van der Waals surface area (Å²) in [6.07, 6.45) is 0.631. The fraction of sp³-hybridized carbons (Fsp3) is 0.600. The van der Waals surface area contributed by atoms with E-state index in [0.717, 1.165) is 31.3 Å². The first kappa shape index (κ1) is 16.3. The average molecular weight is 300 g/mol. The topological polar surface area (TPSA) is 46.9 Å². The van der Waals surface area contributed by atoms with E-state index in [4.69, 9.17) is 5.11 Å². The van der Waals surface area contributed by atoms with Gasteiger partial charge < -0.3 is 10.2 Å². The molecule has 1 fully saturated rings. The highest BCUT2D eigenvalue weighted by molar-refractivity contribution is 5.18. The maximum atomic E-state index is 13.3. The molecule has 118 valence electrons. The molecular formula is C15H22F2N2O2. The standard InChI is InChI=1S/C15H22F2N2O2/c16-14-2-1-12(9-15(14)17)10-19-5-4-18(6-8-21)11-13(19)3-7-20/h1-2,9,13,20-21H,3-8,10-11H2/t13-/m1/s1. The molecule has 1 heterocycles.